The minimum Gasteiger partial charge on any atom is -0.507 e. The molecule has 3 rings (SSSR count). The zero-order valence-corrected chi connectivity index (χ0v) is 12.5. The molecule has 0 bridgehead atoms. The molecule has 4 heteroatoms. The van der Waals surface area contributed by atoms with Crippen LogP contribution in [0.5, 0.6) is 5.75 Å². The van der Waals surface area contributed by atoms with Crippen LogP contribution in [0.1, 0.15) is 17.8 Å². The number of aromatic hydroxyl groups is 1. The van der Waals surface area contributed by atoms with E-state index < -0.39 is 0 Å². The fourth-order valence-corrected chi connectivity index (χ4v) is 3.35. The van der Waals surface area contributed by atoms with Gasteiger partial charge in [-0.2, -0.15) is 0 Å². The molecule has 0 aliphatic rings. The van der Waals surface area contributed by atoms with Crippen LogP contribution >= 0.6 is 22.9 Å². The molecule has 0 aliphatic heterocycles. The van der Waals surface area contributed by atoms with Gasteiger partial charge in [0.05, 0.1) is 10.4 Å². The highest BCUT2D eigenvalue weighted by molar-refractivity contribution is 7.16. The smallest absolute Gasteiger partial charge is 0.123 e. The van der Waals surface area contributed by atoms with Gasteiger partial charge in [-0.25, -0.2) is 0 Å². The molecule has 1 heterocycles. The molecular formula is C16H14ClNOS. The van der Waals surface area contributed by atoms with E-state index in [0.29, 0.717) is 5.75 Å². The van der Waals surface area contributed by atoms with Crippen molar-refractivity contribution in [3.05, 3.63) is 57.7 Å². The molecule has 1 atom stereocenters. The van der Waals surface area contributed by atoms with Gasteiger partial charge in [-0.05, 0) is 31.2 Å². The number of hydrogen-bond donors (Lipinski definition) is 2. The summed E-state index contributed by atoms with van der Waals surface area (Å²) in [6.45, 7) is 2.10. The Kier molecular flexibility index (Phi) is 3.55. The molecule has 0 spiro atoms. The molecule has 2 nitrogen and oxygen atoms in total. The van der Waals surface area contributed by atoms with Gasteiger partial charge in [0.2, 0.25) is 0 Å². The van der Waals surface area contributed by atoms with Crippen LogP contribution in [0, 0.1) is 0 Å². The van der Waals surface area contributed by atoms with Gasteiger partial charge in [-0.15, -0.1) is 11.3 Å². The monoisotopic (exact) mass is 303 g/mol. The van der Waals surface area contributed by atoms with E-state index in [9.17, 15) is 5.11 Å². The Morgan fingerprint density at radius 3 is 2.55 bits per heavy atom. The van der Waals surface area contributed by atoms with Crippen LogP contribution in [0.15, 0.2) is 48.5 Å². The third-order valence-electron chi connectivity index (χ3n) is 3.29. The van der Waals surface area contributed by atoms with Crippen molar-refractivity contribution in [1.29, 1.82) is 0 Å². The number of phenols is 1. The Labute approximate surface area is 126 Å². The Morgan fingerprint density at radius 1 is 1.05 bits per heavy atom. The predicted octanol–water partition coefficient (Wildman–Crippen LogP) is 5.43. The number of halogens is 1. The van der Waals surface area contributed by atoms with Crippen LogP contribution in [0.25, 0.3) is 10.8 Å². The van der Waals surface area contributed by atoms with E-state index in [2.05, 4.69) is 12.2 Å². The van der Waals surface area contributed by atoms with E-state index >= 15 is 0 Å². The number of thiophene rings is 1. The first-order valence-electron chi connectivity index (χ1n) is 6.37. The first kappa shape index (κ1) is 13.3. The zero-order chi connectivity index (χ0) is 14.1. The highest BCUT2D eigenvalue weighted by Crippen LogP contribution is 2.33. The molecule has 0 saturated heterocycles. The second-order valence-corrected chi connectivity index (χ2v) is 6.43. The number of rotatable bonds is 3. The summed E-state index contributed by atoms with van der Waals surface area (Å²) < 4.78 is 0.796. The van der Waals surface area contributed by atoms with Gasteiger partial charge in [0.25, 0.3) is 0 Å². The molecule has 20 heavy (non-hydrogen) atoms. The number of nitrogens with one attached hydrogen (secondary N) is 1. The molecule has 3 aromatic rings. The van der Waals surface area contributed by atoms with E-state index in [1.54, 1.807) is 17.4 Å². The summed E-state index contributed by atoms with van der Waals surface area (Å²) in [6, 6.07) is 15.6. The van der Waals surface area contributed by atoms with Gasteiger partial charge in [-0.3, -0.25) is 0 Å². The van der Waals surface area contributed by atoms with Crippen LogP contribution in [-0.4, -0.2) is 5.11 Å². The normalized spacial score (nSPS) is 12.5. The molecule has 2 N–H and O–H groups in total. The number of anilines is 1. The minimum atomic E-state index is 0.167. The van der Waals surface area contributed by atoms with Crippen molar-refractivity contribution in [2.75, 3.05) is 5.32 Å². The molecule has 0 saturated carbocycles. The Morgan fingerprint density at radius 2 is 1.80 bits per heavy atom. The van der Waals surface area contributed by atoms with E-state index in [1.807, 2.05) is 42.5 Å². The summed E-state index contributed by atoms with van der Waals surface area (Å²) >= 11 is 7.56. The van der Waals surface area contributed by atoms with Gasteiger partial charge in [0.15, 0.2) is 0 Å². The largest absolute Gasteiger partial charge is 0.507 e. The molecule has 1 unspecified atom stereocenters. The third kappa shape index (κ3) is 2.47. The highest BCUT2D eigenvalue weighted by Gasteiger charge is 2.10. The van der Waals surface area contributed by atoms with Crippen LogP contribution in [-0.2, 0) is 0 Å². The maximum atomic E-state index is 9.91. The zero-order valence-electron chi connectivity index (χ0n) is 10.9. The molecule has 0 radical (unpaired) electrons. The van der Waals surface area contributed by atoms with Gasteiger partial charge in [0, 0.05) is 21.3 Å². The second kappa shape index (κ2) is 5.35. The van der Waals surface area contributed by atoms with E-state index in [0.717, 1.165) is 20.8 Å². The second-order valence-electron chi connectivity index (χ2n) is 4.69. The molecule has 2 aromatic carbocycles. The Hall–Kier alpha value is -1.71. The first-order chi connectivity index (χ1) is 9.65. The van der Waals surface area contributed by atoms with Crippen molar-refractivity contribution >= 4 is 39.4 Å². The maximum Gasteiger partial charge on any atom is 0.123 e. The van der Waals surface area contributed by atoms with E-state index in [-0.39, 0.29) is 6.04 Å². The van der Waals surface area contributed by atoms with Crippen LogP contribution in [0.4, 0.5) is 5.69 Å². The summed E-state index contributed by atoms with van der Waals surface area (Å²) in [6.07, 6.45) is 0. The fourth-order valence-electron chi connectivity index (χ4n) is 2.28. The maximum absolute atomic E-state index is 9.91. The molecule has 0 amide bonds. The highest BCUT2D eigenvalue weighted by atomic mass is 35.5. The number of benzene rings is 2. The topological polar surface area (TPSA) is 32.3 Å². The summed E-state index contributed by atoms with van der Waals surface area (Å²) in [5.74, 6) is 0.304. The predicted molar refractivity (Wildman–Crippen MR) is 87.0 cm³/mol. The van der Waals surface area contributed by atoms with Crippen LogP contribution in [0.2, 0.25) is 4.34 Å². The molecule has 102 valence electrons. The summed E-state index contributed by atoms with van der Waals surface area (Å²) in [4.78, 5) is 1.19. The standard InChI is InChI=1S/C16H14ClNOS/c1-10(15-8-9-16(17)20-15)18-13-6-2-5-12-11(13)4-3-7-14(12)19/h2-10,18-19H,1H3. The summed E-state index contributed by atoms with van der Waals surface area (Å²) in [5.41, 5.74) is 1.01. The number of hydrogen-bond acceptors (Lipinski definition) is 3. The quantitative estimate of drug-likeness (QED) is 0.676. The molecular weight excluding hydrogens is 290 g/mol. The Balaban J connectivity index is 1.97. The molecule has 0 fully saturated rings. The van der Waals surface area contributed by atoms with Crippen molar-refractivity contribution in [2.24, 2.45) is 0 Å². The minimum absolute atomic E-state index is 0.167. The first-order valence-corrected chi connectivity index (χ1v) is 7.57. The van der Waals surface area contributed by atoms with Gasteiger partial charge in [-0.1, -0.05) is 35.9 Å². The fraction of sp³-hybridized carbons (Fsp3) is 0.125. The molecule has 0 aliphatic carbocycles. The van der Waals surface area contributed by atoms with Crippen LogP contribution in [0.3, 0.4) is 0 Å². The Bertz CT molecular complexity index is 753. The molecule has 1 aromatic heterocycles. The lowest BCUT2D eigenvalue weighted by Crippen LogP contribution is -2.05. The lowest BCUT2D eigenvalue weighted by molar-refractivity contribution is 0.481. The average Bonchev–Trinajstić information content (AvgIpc) is 2.87. The van der Waals surface area contributed by atoms with Crippen LogP contribution < -0.4 is 5.32 Å². The van der Waals surface area contributed by atoms with E-state index in [1.165, 1.54) is 4.88 Å². The average molecular weight is 304 g/mol. The lowest BCUT2D eigenvalue weighted by atomic mass is 10.1. The number of phenolic OH excluding ortho intramolecular Hbond substituents is 1. The third-order valence-corrected chi connectivity index (χ3v) is 4.71. The van der Waals surface area contributed by atoms with Crippen molar-refractivity contribution in [3.8, 4) is 5.75 Å². The van der Waals surface area contributed by atoms with E-state index in [4.69, 9.17) is 11.6 Å². The van der Waals surface area contributed by atoms with Crippen molar-refractivity contribution in [1.82, 2.24) is 0 Å². The number of fused-ring (bicyclic) bond motifs is 1. The van der Waals surface area contributed by atoms with Gasteiger partial charge >= 0.3 is 0 Å². The van der Waals surface area contributed by atoms with Gasteiger partial charge < -0.3 is 10.4 Å². The van der Waals surface area contributed by atoms with Crippen molar-refractivity contribution in [3.63, 3.8) is 0 Å². The van der Waals surface area contributed by atoms with Crippen molar-refractivity contribution in [2.45, 2.75) is 13.0 Å². The summed E-state index contributed by atoms with van der Waals surface area (Å²) in [7, 11) is 0. The SMILES string of the molecule is CC(Nc1cccc2c(O)cccc12)c1ccc(Cl)s1. The van der Waals surface area contributed by atoms with Crippen molar-refractivity contribution < 1.29 is 5.11 Å². The summed E-state index contributed by atoms with van der Waals surface area (Å²) in [5, 5.41) is 15.3. The lowest BCUT2D eigenvalue weighted by Gasteiger charge is -2.16. The van der Waals surface area contributed by atoms with Gasteiger partial charge in [0.1, 0.15) is 5.75 Å².